The van der Waals surface area contributed by atoms with Crippen LogP contribution in [0.2, 0.25) is 0 Å². The highest BCUT2D eigenvalue weighted by molar-refractivity contribution is 5.91. The highest BCUT2D eigenvalue weighted by Crippen LogP contribution is 2.10. The largest absolute Gasteiger partial charge is 0.382 e. The van der Waals surface area contributed by atoms with Crippen LogP contribution in [0.4, 0.5) is 11.6 Å². The van der Waals surface area contributed by atoms with Crippen molar-refractivity contribution in [2.45, 2.75) is 6.42 Å². The summed E-state index contributed by atoms with van der Waals surface area (Å²) in [4.78, 5) is 51.0. The van der Waals surface area contributed by atoms with Gasteiger partial charge in [-0.05, 0) is 26.2 Å². The summed E-state index contributed by atoms with van der Waals surface area (Å²) in [6.45, 7) is 0.362. The summed E-state index contributed by atoms with van der Waals surface area (Å²) in [6, 6.07) is 0. The van der Waals surface area contributed by atoms with Crippen LogP contribution < -0.4 is 10.6 Å². The Kier molecular flexibility index (Phi) is 5.79. The Morgan fingerprint density at radius 3 is 1.59 bits per heavy atom. The first-order valence-electron chi connectivity index (χ1n) is 7.62. The van der Waals surface area contributed by atoms with Gasteiger partial charge in [-0.1, -0.05) is 0 Å². The minimum atomic E-state index is -0.700. The molecule has 0 radical (unpaired) electrons. The Morgan fingerprint density at radius 1 is 0.926 bits per heavy atom. The van der Waals surface area contributed by atoms with Gasteiger partial charge in [0.05, 0.1) is 0 Å². The first kappa shape index (κ1) is 19.5. The molecule has 0 saturated carbocycles. The number of carbonyl (C=O) groups excluding carboxylic acids is 2. The number of rotatable bonds is 8. The molecule has 0 fully saturated rings. The molecule has 0 bridgehead atoms. The molecular formula is C13H16N8O6. The maximum absolute atomic E-state index is 11.9. The Bertz CT molecular complexity index is 829. The van der Waals surface area contributed by atoms with Crippen LogP contribution in [-0.2, 0) is 14.1 Å². The Labute approximate surface area is 151 Å². The number of nitrogens with zero attached hydrogens (tertiary/aromatic N) is 6. The molecule has 0 aliphatic rings. The lowest BCUT2D eigenvalue weighted by Gasteiger charge is -2.04. The zero-order valence-corrected chi connectivity index (χ0v) is 14.4. The van der Waals surface area contributed by atoms with Crippen molar-refractivity contribution >= 4 is 23.5 Å². The monoisotopic (exact) mass is 380 g/mol. The number of nitrogens with one attached hydrogen (secondary N) is 2. The van der Waals surface area contributed by atoms with Crippen molar-refractivity contribution in [2.75, 3.05) is 13.1 Å². The summed E-state index contributed by atoms with van der Waals surface area (Å²) >= 11 is 0. The summed E-state index contributed by atoms with van der Waals surface area (Å²) in [5.41, 5.74) is 0. The highest BCUT2D eigenvalue weighted by atomic mass is 16.6. The van der Waals surface area contributed by atoms with Gasteiger partial charge in [0.25, 0.3) is 0 Å². The lowest BCUT2D eigenvalue weighted by Crippen LogP contribution is -2.31. The van der Waals surface area contributed by atoms with E-state index in [-0.39, 0.29) is 24.7 Å². The number of hydrogen-bond acceptors (Lipinski definition) is 8. The molecule has 0 atom stereocenters. The fourth-order valence-corrected chi connectivity index (χ4v) is 2.15. The van der Waals surface area contributed by atoms with Gasteiger partial charge in [-0.3, -0.25) is 9.59 Å². The number of hydrogen-bond donors (Lipinski definition) is 2. The molecule has 0 spiro atoms. The molecule has 0 aromatic carbocycles. The van der Waals surface area contributed by atoms with E-state index in [0.29, 0.717) is 6.42 Å². The number of aromatic nitrogens is 4. The van der Waals surface area contributed by atoms with Gasteiger partial charge in [0.1, 0.15) is 12.4 Å². The Morgan fingerprint density at radius 2 is 1.30 bits per heavy atom. The minimum absolute atomic E-state index is 0.106. The fraction of sp³-hybridized carbons (Fsp3) is 0.385. The van der Waals surface area contributed by atoms with E-state index in [0.717, 1.165) is 12.4 Å². The van der Waals surface area contributed by atoms with Gasteiger partial charge in [-0.2, -0.15) is 0 Å². The topological polar surface area (TPSA) is 180 Å². The van der Waals surface area contributed by atoms with Gasteiger partial charge < -0.3 is 40.0 Å². The molecule has 2 amide bonds. The SMILES string of the molecule is Cn1cc([N+](=O)[O-])nc1C(=O)NCCCNC(=O)c1nc([N+](=O)[O-])cn1C. The van der Waals surface area contributed by atoms with E-state index in [1.807, 2.05) is 0 Å². The Hall–Kier alpha value is -3.84. The van der Waals surface area contributed by atoms with Crippen LogP contribution in [0.1, 0.15) is 27.7 Å². The maximum atomic E-state index is 11.9. The zero-order chi connectivity index (χ0) is 20.1. The lowest BCUT2D eigenvalue weighted by atomic mass is 10.4. The third-order valence-corrected chi connectivity index (χ3v) is 3.43. The van der Waals surface area contributed by atoms with E-state index in [2.05, 4.69) is 20.6 Å². The third-order valence-electron chi connectivity index (χ3n) is 3.43. The van der Waals surface area contributed by atoms with E-state index in [1.165, 1.54) is 23.2 Å². The normalized spacial score (nSPS) is 10.4. The summed E-state index contributed by atoms with van der Waals surface area (Å²) in [5.74, 6) is -2.25. The molecule has 0 aliphatic heterocycles. The molecular weight excluding hydrogens is 364 g/mol. The van der Waals surface area contributed by atoms with Crippen LogP contribution in [0.25, 0.3) is 0 Å². The van der Waals surface area contributed by atoms with E-state index < -0.39 is 33.3 Å². The second-order valence-corrected chi connectivity index (χ2v) is 5.45. The highest BCUT2D eigenvalue weighted by Gasteiger charge is 2.24. The van der Waals surface area contributed by atoms with Crippen molar-refractivity contribution in [1.82, 2.24) is 29.7 Å². The predicted molar refractivity (Wildman–Crippen MR) is 89.0 cm³/mol. The number of imidazole rings is 2. The van der Waals surface area contributed by atoms with E-state index in [4.69, 9.17) is 0 Å². The molecule has 2 N–H and O–H groups in total. The van der Waals surface area contributed by atoms with Gasteiger partial charge in [0.15, 0.2) is 0 Å². The van der Waals surface area contributed by atoms with Crippen molar-refractivity contribution in [3.8, 4) is 0 Å². The quantitative estimate of drug-likeness (QED) is 0.350. The molecule has 144 valence electrons. The molecule has 2 heterocycles. The number of carbonyl (C=O) groups is 2. The molecule has 2 aromatic rings. The molecule has 0 saturated heterocycles. The number of aryl methyl sites for hydroxylation is 2. The van der Waals surface area contributed by atoms with Crippen LogP contribution >= 0.6 is 0 Å². The fourth-order valence-electron chi connectivity index (χ4n) is 2.15. The summed E-state index contributed by atoms with van der Waals surface area (Å²) in [7, 11) is 2.92. The van der Waals surface area contributed by atoms with Crippen molar-refractivity contribution in [3.05, 3.63) is 44.3 Å². The summed E-state index contributed by atoms with van der Waals surface area (Å²) in [5, 5.41) is 26.4. The second kappa shape index (κ2) is 8.03. The van der Waals surface area contributed by atoms with E-state index in [1.54, 1.807) is 0 Å². The van der Waals surface area contributed by atoms with Gasteiger partial charge in [-0.15, -0.1) is 0 Å². The Balaban J connectivity index is 1.79. The number of nitro groups is 2. The average molecular weight is 380 g/mol. The standard InChI is InChI=1S/C13H16N8O6/c1-18-6-8(20(24)25)16-10(18)12(22)14-4-3-5-15-13(23)11-17-9(21(26)27)7-19(11)2/h6-7H,3-5H2,1-2H3,(H,14,22)(H,15,23). The van der Waals surface area contributed by atoms with Crippen LogP contribution in [0.3, 0.4) is 0 Å². The van der Waals surface area contributed by atoms with Crippen molar-refractivity contribution in [3.63, 3.8) is 0 Å². The predicted octanol–water partition coefficient (Wildman–Crippen LogP) is -0.480. The summed E-state index contributed by atoms with van der Waals surface area (Å²) in [6.07, 6.45) is 2.61. The van der Waals surface area contributed by atoms with Gasteiger partial charge in [0.2, 0.25) is 0 Å². The molecule has 2 aromatic heterocycles. The first-order valence-corrected chi connectivity index (χ1v) is 7.62. The van der Waals surface area contributed by atoms with Crippen LogP contribution in [0.5, 0.6) is 0 Å². The van der Waals surface area contributed by atoms with Crippen molar-refractivity contribution in [1.29, 1.82) is 0 Å². The first-order chi connectivity index (χ1) is 12.7. The molecule has 14 heteroatoms. The smallest absolute Gasteiger partial charge is 0.358 e. The van der Waals surface area contributed by atoms with Gasteiger partial charge in [0, 0.05) is 27.2 Å². The molecule has 0 unspecified atom stereocenters. The van der Waals surface area contributed by atoms with Crippen molar-refractivity contribution in [2.24, 2.45) is 14.1 Å². The van der Waals surface area contributed by atoms with Crippen molar-refractivity contribution < 1.29 is 19.4 Å². The van der Waals surface area contributed by atoms with E-state index >= 15 is 0 Å². The maximum Gasteiger partial charge on any atom is 0.382 e. The van der Waals surface area contributed by atoms with Crippen LogP contribution in [0, 0.1) is 20.2 Å². The van der Waals surface area contributed by atoms with Crippen LogP contribution in [-0.4, -0.2) is 53.9 Å². The van der Waals surface area contributed by atoms with Gasteiger partial charge in [-0.25, -0.2) is 0 Å². The summed E-state index contributed by atoms with van der Waals surface area (Å²) < 4.78 is 2.48. The van der Waals surface area contributed by atoms with Crippen LogP contribution in [0.15, 0.2) is 12.4 Å². The number of amides is 2. The molecule has 14 nitrogen and oxygen atoms in total. The molecule has 2 rings (SSSR count). The van der Waals surface area contributed by atoms with E-state index in [9.17, 15) is 29.8 Å². The third kappa shape index (κ3) is 4.62. The average Bonchev–Trinajstić information content (AvgIpc) is 3.17. The molecule has 0 aliphatic carbocycles. The lowest BCUT2D eigenvalue weighted by molar-refractivity contribution is -0.389. The second-order valence-electron chi connectivity index (χ2n) is 5.45. The zero-order valence-electron chi connectivity index (χ0n) is 14.4. The van der Waals surface area contributed by atoms with Gasteiger partial charge >= 0.3 is 35.1 Å². The minimum Gasteiger partial charge on any atom is -0.358 e. The molecule has 27 heavy (non-hydrogen) atoms.